The van der Waals surface area contributed by atoms with E-state index in [0.717, 1.165) is 5.52 Å². The molecule has 2 aromatic carbocycles. The zero-order chi connectivity index (χ0) is 15.9. The first-order valence-corrected chi connectivity index (χ1v) is 8.34. The Labute approximate surface area is 169 Å². The third-order valence-electron chi connectivity index (χ3n) is 4.56. The Morgan fingerprint density at radius 1 is 0.880 bits per heavy atom. The summed E-state index contributed by atoms with van der Waals surface area (Å²) in [6.45, 7) is 2.21. The van der Waals surface area contributed by atoms with Gasteiger partial charge >= 0.3 is 145 Å². The summed E-state index contributed by atoms with van der Waals surface area (Å²) in [6, 6.07) is 21.1. The predicted octanol–water partition coefficient (Wildman–Crippen LogP) is -0.972. The van der Waals surface area contributed by atoms with Crippen LogP contribution in [0, 0.1) is 0 Å². The Bertz CT molecular complexity index is 945. The summed E-state index contributed by atoms with van der Waals surface area (Å²) in [5.41, 5.74) is 6.15. The SMILES string of the molecule is CC1=C(c2ccccc2)C=C[C]1([Cr+2])c1cccc2cccnc12.[Cl-].[Cl-]. The van der Waals surface area contributed by atoms with Crippen LogP contribution < -0.4 is 24.8 Å². The number of allylic oxidation sites excluding steroid dienone is 4. The summed E-state index contributed by atoms with van der Waals surface area (Å²) in [4.78, 5) is 4.63. The van der Waals surface area contributed by atoms with Gasteiger partial charge in [-0.3, -0.25) is 0 Å². The average Bonchev–Trinajstić information content (AvgIpc) is 2.91. The molecule has 0 fully saturated rings. The van der Waals surface area contributed by atoms with Gasteiger partial charge in [0.1, 0.15) is 0 Å². The van der Waals surface area contributed by atoms with Crippen molar-refractivity contribution in [1.29, 1.82) is 0 Å². The molecule has 0 N–H and O–H groups in total. The molecule has 1 unspecified atom stereocenters. The third kappa shape index (κ3) is 3.28. The Morgan fingerprint density at radius 3 is 2.36 bits per heavy atom. The van der Waals surface area contributed by atoms with Gasteiger partial charge in [0, 0.05) is 0 Å². The van der Waals surface area contributed by atoms with Crippen molar-refractivity contribution in [3.05, 3.63) is 95.7 Å². The van der Waals surface area contributed by atoms with Crippen LogP contribution in [0.3, 0.4) is 0 Å². The number of aromatic nitrogens is 1. The van der Waals surface area contributed by atoms with Gasteiger partial charge in [0.2, 0.25) is 0 Å². The molecule has 0 amide bonds. The van der Waals surface area contributed by atoms with E-state index in [0.29, 0.717) is 0 Å². The van der Waals surface area contributed by atoms with E-state index >= 15 is 0 Å². The van der Waals surface area contributed by atoms with E-state index in [2.05, 4.69) is 94.9 Å². The molecule has 4 rings (SSSR count). The molecule has 1 aromatic heterocycles. The quantitative estimate of drug-likeness (QED) is 0.535. The van der Waals surface area contributed by atoms with Crippen molar-refractivity contribution in [2.75, 3.05) is 0 Å². The number of rotatable bonds is 2. The van der Waals surface area contributed by atoms with Gasteiger partial charge in [-0.2, -0.15) is 0 Å². The first kappa shape index (κ1) is 19.8. The number of hydrogen-bond acceptors (Lipinski definition) is 1. The minimum absolute atomic E-state index is 0. The van der Waals surface area contributed by atoms with E-state index in [4.69, 9.17) is 0 Å². The van der Waals surface area contributed by atoms with Crippen LogP contribution in [0.25, 0.3) is 16.5 Å². The number of pyridine rings is 1. The standard InChI is InChI=1S/C21H16N.2ClH.Cr/c1-15-18(16-7-3-2-4-8-16)12-13-19(15)20-11-5-9-17-10-6-14-22-21(17)20;;;/h2-14H,1H3;2*1H;/q;;;+2/p-2. The Balaban J connectivity index is 0.00000113. The van der Waals surface area contributed by atoms with Crippen LogP contribution in [0.4, 0.5) is 0 Å². The van der Waals surface area contributed by atoms with Gasteiger partial charge in [0.15, 0.2) is 0 Å². The summed E-state index contributed by atoms with van der Waals surface area (Å²) in [5.74, 6) is 0. The van der Waals surface area contributed by atoms with Crippen LogP contribution >= 0.6 is 0 Å². The van der Waals surface area contributed by atoms with Gasteiger partial charge in [-0.1, -0.05) is 0 Å². The molecule has 0 saturated carbocycles. The zero-order valence-corrected chi connectivity index (χ0v) is 16.4. The molecule has 0 radical (unpaired) electrons. The molecule has 0 aliphatic heterocycles. The minimum Gasteiger partial charge on any atom is -1.00 e. The van der Waals surface area contributed by atoms with E-state index in [1.54, 1.807) is 0 Å². The van der Waals surface area contributed by atoms with Crippen LogP contribution in [0.2, 0.25) is 0 Å². The second-order valence-corrected chi connectivity index (χ2v) is 6.86. The fourth-order valence-corrected chi connectivity index (χ4v) is 3.81. The van der Waals surface area contributed by atoms with Gasteiger partial charge in [0.25, 0.3) is 0 Å². The number of benzene rings is 2. The Morgan fingerprint density at radius 2 is 1.60 bits per heavy atom. The van der Waals surface area contributed by atoms with Gasteiger partial charge in [0.05, 0.1) is 0 Å². The maximum Gasteiger partial charge on any atom is -1.00 e. The fraction of sp³-hybridized carbons (Fsp3) is 0.0952. The average molecular weight is 405 g/mol. The Kier molecular flexibility index (Phi) is 6.14. The van der Waals surface area contributed by atoms with Gasteiger partial charge in [-0.05, 0) is 0 Å². The van der Waals surface area contributed by atoms with Crippen LogP contribution in [-0.4, -0.2) is 4.98 Å². The minimum atomic E-state index is -0.237. The number of para-hydroxylation sites is 1. The topological polar surface area (TPSA) is 12.9 Å². The molecule has 1 atom stereocenters. The first-order chi connectivity index (χ1) is 11.2. The van der Waals surface area contributed by atoms with Gasteiger partial charge in [-0.15, -0.1) is 0 Å². The number of hydrogen-bond donors (Lipinski definition) is 0. The summed E-state index contributed by atoms with van der Waals surface area (Å²) < 4.78 is -0.237. The molecule has 125 valence electrons. The second kappa shape index (κ2) is 7.77. The van der Waals surface area contributed by atoms with Crippen molar-refractivity contribution in [3.63, 3.8) is 0 Å². The summed E-state index contributed by atoms with van der Waals surface area (Å²) in [6.07, 6.45) is 6.35. The van der Waals surface area contributed by atoms with E-state index in [9.17, 15) is 0 Å². The summed E-state index contributed by atoms with van der Waals surface area (Å²) >= 11 is 3.43. The van der Waals surface area contributed by atoms with Crippen molar-refractivity contribution >= 4 is 16.5 Å². The molecular weight excluding hydrogens is 389 g/mol. The van der Waals surface area contributed by atoms with Crippen molar-refractivity contribution in [2.24, 2.45) is 0 Å². The van der Waals surface area contributed by atoms with Crippen LogP contribution in [0.15, 0.2) is 84.6 Å². The molecule has 25 heavy (non-hydrogen) atoms. The summed E-state index contributed by atoms with van der Waals surface area (Å²) in [7, 11) is 0. The number of halogens is 2. The maximum absolute atomic E-state index is 4.63. The fourth-order valence-electron chi connectivity index (χ4n) is 3.28. The van der Waals surface area contributed by atoms with E-state index < -0.39 is 0 Å². The van der Waals surface area contributed by atoms with Crippen molar-refractivity contribution in [2.45, 2.75) is 11.2 Å². The zero-order valence-electron chi connectivity index (χ0n) is 13.6. The number of nitrogens with zero attached hydrogens (tertiary/aromatic N) is 1. The van der Waals surface area contributed by atoms with Crippen molar-refractivity contribution in [3.8, 4) is 0 Å². The first-order valence-electron chi connectivity index (χ1n) is 7.71. The van der Waals surface area contributed by atoms with E-state index in [1.165, 1.54) is 27.7 Å². The maximum atomic E-state index is 4.63. The van der Waals surface area contributed by atoms with Gasteiger partial charge in [-0.25, -0.2) is 0 Å². The molecule has 1 nitrogen and oxygen atoms in total. The molecule has 3 aromatic rings. The van der Waals surface area contributed by atoms with E-state index in [1.807, 2.05) is 12.3 Å². The monoisotopic (exact) mass is 404 g/mol. The molecule has 1 aliphatic carbocycles. The third-order valence-corrected chi connectivity index (χ3v) is 5.60. The Hall–Kier alpha value is -1.56. The summed E-state index contributed by atoms with van der Waals surface area (Å²) in [5, 5.41) is 1.17. The van der Waals surface area contributed by atoms with Crippen molar-refractivity contribution < 1.29 is 41.1 Å². The normalized spacial score (nSPS) is 18.7. The van der Waals surface area contributed by atoms with Crippen molar-refractivity contribution in [1.82, 2.24) is 4.98 Å². The number of fused-ring (bicyclic) bond motifs is 1. The molecule has 1 aliphatic rings. The molecule has 0 bridgehead atoms. The predicted molar refractivity (Wildman–Crippen MR) is 91.6 cm³/mol. The molecule has 0 spiro atoms. The molecule has 1 heterocycles. The van der Waals surface area contributed by atoms with Crippen LogP contribution in [0.1, 0.15) is 18.1 Å². The molecular formula is C21H16Cl2CrN. The van der Waals surface area contributed by atoms with Crippen LogP contribution in [-0.2, 0) is 20.6 Å². The largest absolute Gasteiger partial charge is 1.00 e. The smallest absolute Gasteiger partial charge is 1.00 e. The van der Waals surface area contributed by atoms with Crippen LogP contribution in [0.5, 0.6) is 0 Å². The van der Waals surface area contributed by atoms with E-state index in [-0.39, 0.29) is 29.1 Å². The molecule has 0 saturated heterocycles. The molecule has 4 heteroatoms. The van der Waals surface area contributed by atoms with Gasteiger partial charge < -0.3 is 24.8 Å². The second-order valence-electron chi connectivity index (χ2n) is 5.85.